The molecule has 3 aliphatic rings. The van der Waals surface area contributed by atoms with Crippen molar-refractivity contribution in [2.45, 2.75) is 70.6 Å². The molecule has 37 heavy (non-hydrogen) atoms. The Balaban J connectivity index is 1.28. The van der Waals surface area contributed by atoms with E-state index in [0.29, 0.717) is 66.7 Å². The molecule has 1 atom stereocenters. The lowest BCUT2D eigenvalue weighted by molar-refractivity contribution is 0.231. The number of methoxy groups -OCH3 is 1. The molecule has 3 aliphatic heterocycles. The quantitative estimate of drug-likeness (QED) is 0.439. The summed E-state index contributed by atoms with van der Waals surface area (Å²) < 4.78 is 61.9. The zero-order chi connectivity index (χ0) is 26.8. The Bertz CT molecular complexity index is 1150. The van der Waals surface area contributed by atoms with Crippen molar-refractivity contribution in [2.75, 3.05) is 58.7 Å². The molecular formula is C27H45N3O5S2. The van der Waals surface area contributed by atoms with Crippen molar-refractivity contribution < 1.29 is 21.6 Å². The van der Waals surface area contributed by atoms with Crippen LogP contribution in [0.15, 0.2) is 11.0 Å². The van der Waals surface area contributed by atoms with Crippen molar-refractivity contribution in [3.05, 3.63) is 22.8 Å². The topological polar surface area (TPSA) is 87.2 Å². The van der Waals surface area contributed by atoms with E-state index in [1.165, 1.54) is 36.7 Å². The van der Waals surface area contributed by atoms with E-state index in [1.807, 2.05) is 13.8 Å². The summed E-state index contributed by atoms with van der Waals surface area (Å²) in [4.78, 5) is 2.89. The molecule has 0 amide bonds. The molecule has 0 spiro atoms. The minimum atomic E-state index is -3.66. The highest BCUT2D eigenvalue weighted by Gasteiger charge is 2.36. The van der Waals surface area contributed by atoms with Gasteiger partial charge in [-0.1, -0.05) is 0 Å². The second-order valence-electron chi connectivity index (χ2n) is 11.3. The summed E-state index contributed by atoms with van der Waals surface area (Å²) in [6.45, 7) is 11.1. The van der Waals surface area contributed by atoms with E-state index in [4.69, 9.17) is 4.74 Å². The van der Waals surface area contributed by atoms with Crippen LogP contribution in [0.4, 0.5) is 0 Å². The number of hydrogen-bond donors (Lipinski definition) is 0. The van der Waals surface area contributed by atoms with Crippen LogP contribution in [-0.2, 0) is 20.0 Å². The van der Waals surface area contributed by atoms with Gasteiger partial charge in [0, 0.05) is 26.2 Å². The van der Waals surface area contributed by atoms with Crippen molar-refractivity contribution in [3.63, 3.8) is 0 Å². The molecule has 10 heteroatoms. The Morgan fingerprint density at radius 1 is 0.838 bits per heavy atom. The fourth-order valence-corrected chi connectivity index (χ4v) is 9.98. The van der Waals surface area contributed by atoms with Gasteiger partial charge in [0.1, 0.15) is 5.75 Å². The molecule has 210 valence electrons. The molecule has 0 radical (unpaired) electrons. The van der Waals surface area contributed by atoms with Gasteiger partial charge < -0.3 is 9.64 Å². The Morgan fingerprint density at radius 2 is 1.46 bits per heavy atom. The van der Waals surface area contributed by atoms with Gasteiger partial charge in [-0.25, -0.2) is 21.1 Å². The SMILES string of the molecule is COc1cc(C)c(S(=O)(=O)N2CCC(CCS(=O)(=O)N3CCC(CCN4CCCC4)CC3)C2)c(C)c1C. The van der Waals surface area contributed by atoms with Gasteiger partial charge in [-0.2, -0.15) is 4.31 Å². The molecule has 0 saturated carbocycles. The Labute approximate surface area is 224 Å². The van der Waals surface area contributed by atoms with Crippen LogP contribution in [-0.4, -0.2) is 89.0 Å². The van der Waals surface area contributed by atoms with Crippen LogP contribution in [0.5, 0.6) is 5.75 Å². The first-order chi connectivity index (χ1) is 17.5. The summed E-state index contributed by atoms with van der Waals surface area (Å²) in [7, 11) is -5.38. The highest BCUT2D eigenvalue weighted by Crippen LogP contribution is 2.35. The molecule has 1 unspecified atom stereocenters. The monoisotopic (exact) mass is 555 g/mol. The maximum absolute atomic E-state index is 13.5. The summed E-state index contributed by atoms with van der Waals surface area (Å²) in [5.74, 6) is 1.47. The number of ether oxygens (including phenoxy) is 1. The first kappa shape index (κ1) is 28.8. The molecular weight excluding hydrogens is 510 g/mol. The summed E-state index contributed by atoms with van der Waals surface area (Å²) >= 11 is 0. The molecule has 0 bridgehead atoms. The lowest BCUT2D eigenvalue weighted by Crippen LogP contribution is -2.40. The number of rotatable bonds is 10. The number of aryl methyl sites for hydroxylation is 1. The highest BCUT2D eigenvalue weighted by molar-refractivity contribution is 7.89. The Morgan fingerprint density at radius 3 is 2.11 bits per heavy atom. The highest BCUT2D eigenvalue weighted by atomic mass is 32.2. The average Bonchev–Trinajstić information content (AvgIpc) is 3.57. The lowest BCUT2D eigenvalue weighted by atomic mass is 9.94. The van der Waals surface area contributed by atoms with Crippen LogP contribution >= 0.6 is 0 Å². The molecule has 1 aromatic carbocycles. The molecule has 8 nitrogen and oxygen atoms in total. The zero-order valence-corrected chi connectivity index (χ0v) is 24.7. The molecule has 1 aromatic rings. The second kappa shape index (κ2) is 11.9. The predicted molar refractivity (Wildman–Crippen MR) is 147 cm³/mol. The van der Waals surface area contributed by atoms with Gasteiger partial charge in [-0.05, 0) is 120 Å². The van der Waals surface area contributed by atoms with Gasteiger partial charge in [0.05, 0.1) is 17.8 Å². The minimum absolute atomic E-state index is 0.0579. The van der Waals surface area contributed by atoms with Gasteiger partial charge in [0.2, 0.25) is 20.0 Å². The van der Waals surface area contributed by atoms with E-state index in [9.17, 15) is 16.8 Å². The standard InChI is InChI=1S/C27H45N3O5S2/c1-21-19-26(35-4)22(2)23(3)27(21)37(33,34)30-17-10-25(20-30)11-18-36(31,32)29-15-8-24(9-16-29)7-14-28-12-5-6-13-28/h19,24-25H,5-18,20H2,1-4H3. The Hall–Kier alpha value is -1.20. The molecule has 3 heterocycles. The maximum atomic E-state index is 13.5. The molecule has 0 aromatic heterocycles. The summed E-state index contributed by atoms with van der Waals surface area (Å²) in [6.07, 6.45) is 6.88. The first-order valence-corrected chi connectivity index (χ1v) is 16.9. The number of nitrogens with zero attached hydrogens (tertiary/aromatic N) is 3. The average molecular weight is 556 g/mol. The smallest absolute Gasteiger partial charge is 0.243 e. The van der Waals surface area contributed by atoms with Crippen molar-refractivity contribution in [2.24, 2.45) is 11.8 Å². The van der Waals surface area contributed by atoms with E-state index in [0.717, 1.165) is 24.9 Å². The van der Waals surface area contributed by atoms with Gasteiger partial charge in [0.25, 0.3) is 0 Å². The van der Waals surface area contributed by atoms with Crippen LogP contribution in [0.1, 0.15) is 61.6 Å². The number of piperidine rings is 1. The lowest BCUT2D eigenvalue weighted by Gasteiger charge is -2.32. The number of hydrogen-bond acceptors (Lipinski definition) is 6. The third-order valence-electron chi connectivity index (χ3n) is 8.85. The maximum Gasteiger partial charge on any atom is 0.243 e. The summed E-state index contributed by atoms with van der Waals surface area (Å²) in [6, 6.07) is 1.78. The van der Waals surface area contributed by atoms with Crippen molar-refractivity contribution in [1.29, 1.82) is 0 Å². The second-order valence-corrected chi connectivity index (χ2v) is 15.2. The van der Waals surface area contributed by atoms with E-state index >= 15 is 0 Å². The molecule has 3 saturated heterocycles. The summed E-state index contributed by atoms with van der Waals surface area (Å²) in [5.41, 5.74) is 2.22. The van der Waals surface area contributed by atoms with Crippen LogP contribution in [0, 0.1) is 32.6 Å². The van der Waals surface area contributed by atoms with Crippen LogP contribution < -0.4 is 4.74 Å². The van der Waals surface area contributed by atoms with E-state index in [-0.39, 0.29) is 11.7 Å². The Kier molecular flexibility index (Phi) is 9.26. The molecule has 0 N–H and O–H groups in total. The number of benzene rings is 1. The minimum Gasteiger partial charge on any atom is -0.496 e. The predicted octanol–water partition coefficient (Wildman–Crippen LogP) is 3.55. The van der Waals surface area contributed by atoms with Gasteiger partial charge in [-0.3, -0.25) is 0 Å². The number of likely N-dealkylation sites (tertiary alicyclic amines) is 1. The van der Waals surface area contributed by atoms with Crippen LogP contribution in [0.25, 0.3) is 0 Å². The third kappa shape index (κ3) is 6.52. The van der Waals surface area contributed by atoms with E-state index in [2.05, 4.69) is 4.90 Å². The molecule has 0 aliphatic carbocycles. The van der Waals surface area contributed by atoms with Crippen molar-refractivity contribution in [1.82, 2.24) is 13.5 Å². The van der Waals surface area contributed by atoms with Crippen molar-refractivity contribution >= 4 is 20.0 Å². The fraction of sp³-hybridized carbons (Fsp3) is 0.778. The van der Waals surface area contributed by atoms with E-state index in [1.54, 1.807) is 24.4 Å². The van der Waals surface area contributed by atoms with Gasteiger partial charge in [0.15, 0.2) is 0 Å². The van der Waals surface area contributed by atoms with Gasteiger partial charge >= 0.3 is 0 Å². The van der Waals surface area contributed by atoms with Crippen molar-refractivity contribution in [3.8, 4) is 5.75 Å². The largest absolute Gasteiger partial charge is 0.496 e. The van der Waals surface area contributed by atoms with Crippen LogP contribution in [0.3, 0.4) is 0 Å². The third-order valence-corrected chi connectivity index (χ3v) is 12.9. The normalized spacial score (nSPS) is 23.2. The molecule has 4 rings (SSSR count). The van der Waals surface area contributed by atoms with Crippen LogP contribution in [0.2, 0.25) is 0 Å². The zero-order valence-electron chi connectivity index (χ0n) is 23.0. The number of sulfonamides is 2. The molecule has 3 fully saturated rings. The summed E-state index contributed by atoms with van der Waals surface area (Å²) in [5, 5.41) is 0. The van der Waals surface area contributed by atoms with Gasteiger partial charge in [-0.15, -0.1) is 0 Å². The first-order valence-electron chi connectivity index (χ1n) is 13.9. The fourth-order valence-electron chi connectivity index (χ4n) is 6.30. The van der Waals surface area contributed by atoms with E-state index < -0.39 is 20.0 Å².